The minimum absolute atomic E-state index is 0.169. The van der Waals surface area contributed by atoms with Gasteiger partial charge in [-0.2, -0.15) is 0 Å². The van der Waals surface area contributed by atoms with E-state index in [1.54, 1.807) is 0 Å². The Morgan fingerprint density at radius 1 is 0.900 bits per heavy atom. The van der Waals surface area contributed by atoms with E-state index in [0.29, 0.717) is 0 Å². The van der Waals surface area contributed by atoms with E-state index in [1.807, 2.05) is 0 Å². The zero-order valence-corrected chi connectivity index (χ0v) is 13.6. The standard InChI is InChI=1S/C19H22Si/c1-5-14-19(20(2,3)4)17-12-8-6-10-15(17)16-11-7-9-13-18(16)19/h5-13H,1,14H2,2-4H3. The van der Waals surface area contributed by atoms with Gasteiger partial charge in [-0.25, -0.2) is 0 Å². The molecule has 1 heteroatoms. The zero-order chi connectivity index (χ0) is 14.4. The van der Waals surface area contributed by atoms with Crippen LogP contribution in [0.4, 0.5) is 0 Å². The molecule has 0 heterocycles. The molecule has 0 nitrogen and oxygen atoms in total. The van der Waals surface area contributed by atoms with Gasteiger partial charge >= 0.3 is 0 Å². The predicted octanol–water partition coefficient (Wildman–Crippen LogP) is 5.41. The predicted molar refractivity (Wildman–Crippen MR) is 90.8 cm³/mol. The minimum atomic E-state index is -1.47. The summed E-state index contributed by atoms with van der Waals surface area (Å²) >= 11 is 0. The second-order valence-electron chi connectivity index (χ2n) is 6.74. The smallest absolute Gasteiger partial charge is 0.0617 e. The van der Waals surface area contributed by atoms with Gasteiger partial charge in [0.2, 0.25) is 0 Å². The van der Waals surface area contributed by atoms with Crippen LogP contribution in [0.5, 0.6) is 0 Å². The van der Waals surface area contributed by atoms with Crippen molar-refractivity contribution in [2.24, 2.45) is 0 Å². The van der Waals surface area contributed by atoms with Crippen molar-refractivity contribution in [1.82, 2.24) is 0 Å². The maximum Gasteiger partial charge on any atom is 0.0617 e. The molecule has 2 aromatic rings. The lowest BCUT2D eigenvalue weighted by Gasteiger charge is -2.42. The summed E-state index contributed by atoms with van der Waals surface area (Å²) in [5.74, 6) is 0. The topological polar surface area (TPSA) is 0 Å². The maximum atomic E-state index is 4.05. The third-order valence-corrected chi connectivity index (χ3v) is 8.10. The molecule has 0 amide bonds. The van der Waals surface area contributed by atoms with E-state index in [-0.39, 0.29) is 5.04 Å². The van der Waals surface area contributed by atoms with Crippen LogP contribution in [0.25, 0.3) is 11.1 Å². The van der Waals surface area contributed by atoms with E-state index in [9.17, 15) is 0 Å². The van der Waals surface area contributed by atoms with Gasteiger partial charge in [-0.15, -0.1) is 6.58 Å². The molecule has 0 spiro atoms. The molecular weight excluding hydrogens is 256 g/mol. The summed E-state index contributed by atoms with van der Waals surface area (Å²) in [6, 6.07) is 17.9. The molecule has 1 aliphatic rings. The Labute approximate surface area is 123 Å². The number of hydrogen-bond acceptors (Lipinski definition) is 0. The highest BCUT2D eigenvalue weighted by Gasteiger charge is 2.50. The minimum Gasteiger partial charge on any atom is -0.103 e. The van der Waals surface area contributed by atoms with Gasteiger partial charge in [-0.1, -0.05) is 74.2 Å². The van der Waals surface area contributed by atoms with Crippen LogP contribution in [0.1, 0.15) is 17.5 Å². The van der Waals surface area contributed by atoms with E-state index in [1.165, 1.54) is 22.3 Å². The van der Waals surface area contributed by atoms with Crippen molar-refractivity contribution in [3.8, 4) is 11.1 Å². The van der Waals surface area contributed by atoms with Crippen LogP contribution in [-0.4, -0.2) is 8.07 Å². The van der Waals surface area contributed by atoms with Crippen molar-refractivity contribution < 1.29 is 0 Å². The van der Waals surface area contributed by atoms with Gasteiger partial charge in [0.05, 0.1) is 8.07 Å². The van der Waals surface area contributed by atoms with Crippen molar-refractivity contribution in [1.29, 1.82) is 0 Å². The Morgan fingerprint density at radius 2 is 1.35 bits per heavy atom. The van der Waals surface area contributed by atoms with Gasteiger partial charge < -0.3 is 0 Å². The molecule has 0 N–H and O–H groups in total. The highest BCUT2D eigenvalue weighted by Crippen LogP contribution is 2.55. The summed E-state index contributed by atoms with van der Waals surface area (Å²) in [6.45, 7) is 11.5. The second-order valence-corrected chi connectivity index (χ2v) is 12.1. The monoisotopic (exact) mass is 278 g/mol. The molecular formula is C19H22Si. The highest BCUT2D eigenvalue weighted by molar-refractivity contribution is 6.80. The summed E-state index contributed by atoms with van der Waals surface area (Å²) in [5, 5.41) is 0.169. The van der Waals surface area contributed by atoms with Crippen molar-refractivity contribution in [3.63, 3.8) is 0 Å². The van der Waals surface area contributed by atoms with Crippen LogP contribution in [0, 0.1) is 0 Å². The van der Waals surface area contributed by atoms with E-state index in [0.717, 1.165) is 6.42 Å². The van der Waals surface area contributed by atoms with Gasteiger partial charge in [-0.3, -0.25) is 0 Å². The van der Waals surface area contributed by atoms with Crippen LogP contribution in [0.3, 0.4) is 0 Å². The first kappa shape index (κ1) is 13.4. The van der Waals surface area contributed by atoms with Gasteiger partial charge in [0, 0.05) is 5.04 Å². The summed E-state index contributed by atoms with van der Waals surface area (Å²) in [4.78, 5) is 0. The zero-order valence-electron chi connectivity index (χ0n) is 12.6. The summed E-state index contributed by atoms with van der Waals surface area (Å²) < 4.78 is 0. The third kappa shape index (κ3) is 1.59. The highest BCUT2D eigenvalue weighted by atomic mass is 28.3. The fraction of sp³-hybridized carbons (Fsp3) is 0.263. The number of fused-ring (bicyclic) bond motifs is 3. The van der Waals surface area contributed by atoms with Gasteiger partial charge in [0.1, 0.15) is 0 Å². The van der Waals surface area contributed by atoms with Crippen molar-refractivity contribution in [2.75, 3.05) is 0 Å². The fourth-order valence-corrected chi connectivity index (χ4v) is 6.68. The summed E-state index contributed by atoms with van der Waals surface area (Å²) in [5.41, 5.74) is 5.88. The number of allylic oxidation sites excluding steroid dienone is 1. The maximum absolute atomic E-state index is 4.05. The lowest BCUT2D eigenvalue weighted by Crippen LogP contribution is -2.48. The van der Waals surface area contributed by atoms with Crippen LogP contribution in [0.15, 0.2) is 61.2 Å². The van der Waals surface area contributed by atoms with E-state index < -0.39 is 8.07 Å². The van der Waals surface area contributed by atoms with Gasteiger partial charge in [0.25, 0.3) is 0 Å². The molecule has 0 saturated carbocycles. The third-order valence-electron chi connectivity index (χ3n) is 4.79. The number of benzene rings is 2. The molecule has 0 bridgehead atoms. The average Bonchev–Trinajstić information content (AvgIpc) is 2.72. The first-order valence-electron chi connectivity index (χ1n) is 7.32. The SMILES string of the molecule is C=CCC1([Si](C)(C)C)c2ccccc2-c2ccccc21. The number of rotatable bonds is 3. The molecule has 0 aromatic heterocycles. The average molecular weight is 278 g/mol. The van der Waals surface area contributed by atoms with Crippen molar-refractivity contribution in [3.05, 3.63) is 72.3 Å². The Hall–Kier alpha value is -1.60. The lowest BCUT2D eigenvalue weighted by molar-refractivity contribution is 0.721. The molecule has 0 atom stereocenters. The Balaban J connectivity index is 2.42. The van der Waals surface area contributed by atoms with Crippen LogP contribution >= 0.6 is 0 Å². The van der Waals surface area contributed by atoms with Crippen LogP contribution in [0.2, 0.25) is 19.6 Å². The quantitative estimate of drug-likeness (QED) is 0.520. The van der Waals surface area contributed by atoms with Gasteiger partial charge in [0.15, 0.2) is 0 Å². The normalized spacial score (nSPS) is 15.6. The Morgan fingerprint density at radius 3 is 1.75 bits per heavy atom. The first-order valence-corrected chi connectivity index (χ1v) is 10.8. The molecule has 1 aliphatic carbocycles. The van der Waals surface area contributed by atoms with Crippen molar-refractivity contribution in [2.45, 2.75) is 31.1 Å². The largest absolute Gasteiger partial charge is 0.103 e. The molecule has 0 saturated heterocycles. The van der Waals surface area contributed by atoms with Crippen molar-refractivity contribution >= 4 is 8.07 Å². The van der Waals surface area contributed by atoms with E-state index in [2.05, 4.69) is 80.8 Å². The fourth-order valence-electron chi connectivity index (χ4n) is 3.88. The molecule has 0 radical (unpaired) electrons. The molecule has 102 valence electrons. The first-order chi connectivity index (χ1) is 9.52. The molecule has 0 aliphatic heterocycles. The van der Waals surface area contributed by atoms with E-state index in [4.69, 9.17) is 0 Å². The van der Waals surface area contributed by atoms with E-state index >= 15 is 0 Å². The molecule has 0 fully saturated rings. The molecule has 2 aromatic carbocycles. The second kappa shape index (κ2) is 4.46. The molecule has 20 heavy (non-hydrogen) atoms. The summed E-state index contributed by atoms with van der Waals surface area (Å²) in [6.07, 6.45) is 3.15. The van der Waals surface area contributed by atoms with Crippen LogP contribution < -0.4 is 0 Å². The Kier molecular flexibility index (Phi) is 2.98. The molecule has 3 rings (SSSR count). The number of hydrogen-bond donors (Lipinski definition) is 0. The van der Waals surface area contributed by atoms with Gasteiger partial charge in [-0.05, 0) is 28.7 Å². The Bertz CT molecular complexity index is 616. The molecule has 0 unspecified atom stereocenters. The van der Waals surface area contributed by atoms with Crippen LogP contribution in [-0.2, 0) is 5.04 Å². The lowest BCUT2D eigenvalue weighted by atomic mass is 9.92. The summed E-state index contributed by atoms with van der Waals surface area (Å²) in [7, 11) is -1.47.